The van der Waals surface area contributed by atoms with E-state index in [-0.39, 0.29) is 17.2 Å². The minimum atomic E-state index is -1.10. The molecule has 1 aromatic heterocycles. The summed E-state index contributed by atoms with van der Waals surface area (Å²) in [5, 5.41) is 18.3. The average Bonchev–Trinajstić information content (AvgIpc) is 2.28. The van der Waals surface area contributed by atoms with Gasteiger partial charge in [-0.15, -0.1) is 0 Å². The standard InChI is InChI=1S/C11H15ClN2O3/c1-11(2,6-15)14(3)9-4-7(10(16)17)8(12)5-13-9/h4-5,15H,6H2,1-3H3,(H,16,17). The summed E-state index contributed by atoms with van der Waals surface area (Å²) in [6.45, 7) is 3.57. The Hall–Kier alpha value is -1.33. The Labute approximate surface area is 105 Å². The van der Waals surface area contributed by atoms with Crippen molar-refractivity contribution in [1.82, 2.24) is 4.98 Å². The van der Waals surface area contributed by atoms with E-state index in [1.807, 2.05) is 13.8 Å². The second-order valence-corrected chi connectivity index (χ2v) is 4.76. The lowest BCUT2D eigenvalue weighted by molar-refractivity contribution is 0.0697. The van der Waals surface area contributed by atoms with Crippen molar-refractivity contribution in [2.75, 3.05) is 18.6 Å². The maximum atomic E-state index is 10.9. The molecule has 0 saturated heterocycles. The Morgan fingerprint density at radius 2 is 2.18 bits per heavy atom. The van der Waals surface area contributed by atoms with Crippen molar-refractivity contribution in [2.24, 2.45) is 0 Å². The summed E-state index contributed by atoms with van der Waals surface area (Å²) in [4.78, 5) is 16.7. The van der Waals surface area contributed by atoms with Crippen LogP contribution in [0.2, 0.25) is 5.02 Å². The van der Waals surface area contributed by atoms with Gasteiger partial charge in [-0.1, -0.05) is 11.6 Å². The monoisotopic (exact) mass is 258 g/mol. The van der Waals surface area contributed by atoms with Gasteiger partial charge in [0.05, 0.1) is 22.7 Å². The van der Waals surface area contributed by atoms with Gasteiger partial charge in [-0.05, 0) is 19.9 Å². The van der Waals surface area contributed by atoms with Crippen LogP contribution in [0, 0.1) is 0 Å². The van der Waals surface area contributed by atoms with Gasteiger partial charge in [0.15, 0.2) is 0 Å². The minimum absolute atomic E-state index is 0.00254. The van der Waals surface area contributed by atoms with E-state index < -0.39 is 11.5 Å². The Kier molecular flexibility index (Phi) is 3.95. The van der Waals surface area contributed by atoms with E-state index in [1.165, 1.54) is 12.3 Å². The van der Waals surface area contributed by atoms with Crippen LogP contribution in [0.3, 0.4) is 0 Å². The molecule has 1 rings (SSSR count). The summed E-state index contributed by atoms with van der Waals surface area (Å²) in [6, 6.07) is 1.39. The van der Waals surface area contributed by atoms with E-state index in [1.54, 1.807) is 11.9 Å². The number of hydrogen-bond acceptors (Lipinski definition) is 4. The fourth-order valence-corrected chi connectivity index (χ4v) is 1.38. The van der Waals surface area contributed by atoms with Crippen LogP contribution in [0.5, 0.6) is 0 Å². The van der Waals surface area contributed by atoms with Crippen LogP contribution in [-0.4, -0.2) is 40.4 Å². The maximum Gasteiger partial charge on any atom is 0.337 e. The fraction of sp³-hybridized carbons (Fsp3) is 0.455. The zero-order valence-electron chi connectivity index (χ0n) is 9.94. The highest BCUT2D eigenvalue weighted by atomic mass is 35.5. The molecule has 0 saturated carbocycles. The molecule has 0 aliphatic rings. The van der Waals surface area contributed by atoms with Crippen LogP contribution in [0.1, 0.15) is 24.2 Å². The van der Waals surface area contributed by atoms with Crippen molar-refractivity contribution in [1.29, 1.82) is 0 Å². The van der Waals surface area contributed by atoms with Crippen molar-refractivity contribution >= 4 is 23.4 Å². The third kappa shape index (κ3) is 2.87. The molecule has 1 aromatic rings. The summed E-state index contributed by atoms with van der Waals surface area (Å²) < 4.78 is 0. The number of carbonyl (C=O) groups is 1. The molecule has 1 heterocycles. The van der Waals surface area contributed by atoms with Gasteiger partial charge in [0.25, 0.3) is 0 Å². The zero-order chi connectivity index (χ0) is 13.2. The molecule has 0 atom stereocenters. The van der Waals surface area contributed by atoms with Crippen molar-refractivity contribution in [3.63, 3.8) is 0 Å². The first-order chi connectivity index (χ1) is 7.79. The average molecular weight is 259 g/mol. The number of likely N-dealkylation sites (N-methyl/N-ethyl adjacent to an activating group) is 1. The summed E-state index contributed by atoms with van der Waals surface area (Å²) in [7, 11) is 1.73. The Balaban J connectivity index is 3.16. The van der Waals surface area contributed by atoms with Gasteiger partial charge in [-0.2, -0.15) is 0 Å². The topological polar surface area (TPSA) is 73.7 Å². The van der Waals surface area contributed by atoms with Crippen LogP contribution < -0.4 is 4.90 Å². The smallest absolute Gasteiger partial charge is 0.337 e. The van der Waals surface area contributed by atoms with Crippen LogP contribution >= 0.6 is 11.6 Å². The molecule has 94 valence electrons. The Morgan fingerprint density at radius 3 is 2.65 bits per heavy atom. The van der Waals surface area contributed by atoms with E-state index in [0.717, 1.165) is 0 Å². The predicted octanol–water partition coefficient (Wildman–Crippen LogP) is 1.64. The van der Waals surface area contributed by atoms with Gasteiger partial charge in [-0.3, -0.25) is 0 Å². The first-order valence-electron chi connectivity index (χ1n) is 5.03. The van der Waals surface area contributed by atoms with E-state index in [9.17, 15) is 9.90 Å². The van der Waals surface area contributed by atoms with Gasteiger partial charge < -0.3 is 15.1 Å². The molecule has 0 amide bonds. The van der Waals surface area contributed by atoms with Gasteiger partial charge in [-0.25, -0.2) is 9.78 Å². The van der Waals surface area contributed by atoms with Crippen molar-refractivity contribution < 1.29 is 15.0 Å². The number of aliphatic hydroxyl groups is 1. The van der Waals surface area contributed by atoms with Gasteiger partial charge in [0.2, 0.25) is 0 Å². The molecule has 2 N–H and O–H groups in total. The molecule has 0 spiro atoms. The number of aromatic carboxylic acids is 1. The largest absolute Gasteiger partial charge is 0.478 e. The highest BCUT2D eigenvalue weighted by molar-refractivity contribution is 6.33. The molecule has 0 fully saturated rings. The van der Waals surface area contributed by atoms with Crippen molar-refractivity contribution in [3.05, 3.63) is 22.8 Å². The van der Waals surface area contributed by atoms with Crippen LogP contribution in [-0.2, 0) is 0 Å². The summed E-state index contributed by atoms with van der Waals surface area (Å²) in [6.07, 6.45) is 1.30. The SMILES string of the molecule is CN(c1cc(C(=O)O)c(Cl)cn1)C(C)(C)CO. The molecule has 6 heteroatoms. The lowest BCUT2D eigenvalue weighted by Crippen LogP contribution is -2.44. The molecule has 0 bridgehead atoms. The number of nitrogens with zero attached hydrogens (tertiary/aromatic N) is 2. The number of halogens is 1. The van der Waals surface area contributed by atoms with E-state index >= 15 is 0 Å². The number of hydrogen-bond donors (Lipinski definition) is 2. The van der Waals surface area contributed by atoms with E-state index in [4.69, 9.17) is 16.7 Å². The lowest BCUT2D eigenvalue weighted by atomic mass is 10.1. The first-order valence-corrected chi connectivity index (χ1v) is 5.41. The third-order valence-electron chi connectivity index (χ3n) is 2.71. The van der Waals surface area contributed by atoms with Crippen LogP contribution in [0.25, 0.3) is 0 Å². The molecule has 0 aliphatic carbocycles. The molecule has 5 nitrogen and oxygen atoms in total. The van der Waals surface area contributed by atoms with Gasteiger partial charge in [0.1, 0.15) is 5.82 Å². The number of carboxylic acids is 1. The molecular weight excluding hydrogens is 244 g/mol. The number of aromatic nitrogens is 1. The predicted molar refractivity (Wildman–Crippen MR) is 65.8 cm³/mol. The van der Waals surface area contributed by atoms with E-state index in [2.05, 4.69) is 4.98 Å². The fourth-order valence-electron chi connectivity index (χ4n) is 1.19. The second-order valence-electron chi connectivity index (χ2n) is 4.36. The number of anilines is 1. The van der Waals surface area contributed by atoms with E-state index in [0.29, 0.717) is 5.82 Å². The number of carboxylic acid groups (broad SMARTS) is 1. The maximum absolute atomic E-state index is 10.9. The molecule has 17 heavy (non-hydrogen) atoms. The van der Waals surface area contributed by atoms with Crippen molar-refractivity contribution in [3.8, 4) is 0 Å². The molecule has 0 radical (unpaired) electrons. The number of pyridine rings is 1. The molecule has 0 aliphatic heterocycles. The second kappa shape index (κ2) is 4.89. The van der Waals surface area contributed by atoms with Gasteiger partial charge in [0, 0.05) is 13.2 Å². The van der Waals surface area contributed by atoms with Gasteiger partial charge >= 0.3 is 5.97 Å². The Morgan fingerprint density at radius 1 is 1.59 bits per heavy atom. The summed E-state index contributed by atoms with van der Waals surface area (Å²) in [5.41, 5.74) is -0.534. The zero-order valence-corrected chi connectivity index (χ0v) is 10.7. The first kappa shape index (κ1) is 13.7. The van der Waals surface area contributed by atoms with Crippen LogP contribution in [0.4, 0.5) is 5.82 Å². The molecule has 0 aromatic carbocycles. The molecule has 0 unspecified atom stereocenters. The minimum Gasteiger partial charge on any atom is -0.478 e. The number of aliphatic hydroxyl groups excluding tert-OH is 1. The Bertz CT molecular complexity index is 435. The summed E-state index contributed by atoms with van der Waals surface area (Å²) >= 11 is 5.73. The molecular formula is C11H15ClN2O3. The number of rotatable bonds is 4. The lowest BCUT2D eigenvalue weighted by Gasteiger charge is -2.35. The van der Waals surface area contributed by atoms with Crippen LogP contribution in [0.15, 0.2) is 12.3 Å². The summed E-state index contributed by atoms with van der Waals surface area (Å²) in [5.74, 6) is -0.653. The van der Waals surface area contributed by atoms with Crippen molar-refractivity contribution in [2.45, 2.75) is 19.4 Å². The third-order valence-corrected chi connectivity index (χ3v) is 3.01. The quantitative estimate of drug-likeness (QED) is 0.859. The highest BCUT2D eigenvalue weighted by Crippen LogP contribution is 2.24. The normalized spacial score (nSPS) is 11.4. The highest BCUT2D eigenvalue weighted by Gasteiger charge is 2.24.